The molecule has 8 nitrogen and oxygen atoms in total. The van der Waals surface area contributed by atoms with Crippen LogP contribution in [-0.4, -0.2) is 50.0 Å². The van der Waals surface area contributed by atoms with E-state index in [0.29, 0.717) is 24.6 Å². The van der Waals surface area contributed by atoms with E-state index in [1.807, 2.05) is 24.8 Å². The number of piperidine rings is 1. The van der Waals surface area contributed by atoms with Gasteiger partial charge in [-0.3, -0.25) is 14.7 Å². The number of amides is 2. The van der Waals surface area contributed by atoms with Gasteiger partial charge in [-0.05, 0) is 26.7 Å². The molecule has 0 bridgehead atoms. The van der Waals surface area contributed by atoms with Gasteiger partial charge in [-0.25, -0.2) is 9.97 Å². The van der Waals surface area contributed by atoms with Gasteiger partial charge in [-0.2, -0.15) is 5.10 Å². The lowest BCUT2D eigenvalue weighted by Gasteiger charge is -2.30. The summed E-state index contributed by atoms with van der Waals surface area (Å²) in [5.74, 6) is 0.560. The van der Waals surface area contributed by atoms with Crippen molar-refractivity contribution < 1.29 is 9.59 Å². The first-order valence-corrected chi connectivity index (χ1v) is 12.4. The van der Waals surface area contributed by atoms with Gasteiger partial charge in [-0.1, -0.05) is 20.8 Å². The van der Waals surface area contributed by atoms with Crippen LogP contribution in [0.25, 0.3) is 0 Å². The molecule has 0 unspecified atom stereocenters. The number of nitrogens with one attached hydrogen (secondary N) is 2. The van der Waals surface area contributed by atoms with E-state index in [4.69, 9.17) is 0 Å². The molecule has 3 aromatic rings. The second kappa shape index (κ2) is 8.74. The number of nitrogens with zero attached hydrogens (tertiary/aromatic N) is 4. The van der Waals surface area contributed by atoms with Gasteiger partial charge in [0.2, 0.25) is 0 Å². The van der Waals surface area contributed by atoms with Gasteiger partial charge in [0.15, 0.2) is 5.82 Å². The number of carbonyl (C=O) groups excluding carboxylic acids is 2. The molecule has 2 N–H and O–H groups in total. The number of hydrogen-bond acceptors (Lipinski definition) is 7. The quantitative estimate of drug-likeness (QED) is 0.581. The van der Waals surface area contributed by atoms with Gasteiger partial charge >= 0.3 is 0 Å². The van der Waals surface area contributed by atoms with Gasteiger partial charge in [0.1, 0.15) is 10.6 Å². The molecule has 3 aromatic heterocycles. The third-order valence-electron chi connectivity index (χ3n) is 5.61. The van der Waals surface area contributed by atoms with Crippen LogP contribution in [0.1, 0.15) is 81.1 Å². The number of rotatable bonds is 4. The number of thiazole rings is 2. The predicted octanol–water partition coefficient (Wildman–Crippen LogP) is 4.51. The monoisotopic (exact) mass is 472 g/mol. The summed E-state index contributed by atoms with van der Waals surface area (Å²) in [6, 6.07) is 1.85. The van der Waals surface area contributed by atoms with E-state index in [2.05, 4.69) is 46.3 Å². The first-order valence-electron chi connectivity index (χ1n) is 10.7. The van der Waals surface area contributed by atoms with Crippen LogP contribution < -0.4 is 5.32 Å². The number of anilines is 1. The summed E-state index contributed by atoms with van der Waals surface area (Å²) in [7, 11) is 0. The van der Waals surface area contributed by atoms with Gasteiger partial charge < -0.3 is 10.2 Å². The van der Waals surface area contributed by atoms with E-state index in [-0.39, 0.29) is 23.1 Å². The molecule has 2 amide bonds. The second-order valence-corrected chi connectivity index (χ2v) is 11.2. The minimum atomic E-state index is -0.261. The highest BCUT2D eigenvalue weighted by atomic mass is 32.1. The van der Waals surface area contributed by atoms with E-state index in [1.165, 1.54) is 22.7 Å². The SMILES string of the molecule is Cc1nc(C)c(C(=O)N2CCC(c3nc(C(=O)Nc4cc(C(C)(C)C)[nH]n4)cs3)CC2)s1. The molecule has 0 spiro atoms. The maximum atomic E-state index is 12.8. The molecule has 0 atom stereocenters. The van der Waals surface area contributed by atoms with Crippen molar-refractivity contribution in [2.24, 2.45) is 0 Å². The highest BCUT2D eigenvalue weighted by molar-refractivity contribution is 7.13. The predicted molar refractivity (Wildman–Crippen MR) is 127 cm³/mol. The number of likely N-dealkylation sites (tertiary alicyclic amines) is 1. The lowest BCUT2D eigenvalue weighted by Crippen LogP contribution is -2.37. The Morgan fingerprint density at radius 1 is 1.19 bits per heavy atom. The molecule has 1 aliphatic heterocycles. The standard InChI is InChI=1S/C22H28N6O2S2/c1-12-18(32-13(2)23-12)21(30)28-8-6-14(7-9-28)20-24-15(11-31-20)19(29)25-17-10-16(26-27-17)22(3,4)5/h10-11,14H,6-9H2,1-5H3,(H2,25,26,27,29). The van der Waals surface area contributed by atoms with Crippen LogP contribution in [0.2, 0.25) is 0 Å². The number of aryl methyl sites for hydroxylation is 2. The van der Waals surface area contributed by atoms with Gasteiger partial charge in [0, 0.05) is 41.6 Å². The normalized spacial score (nSPS) is 15.2. The third kappa shape index (κ3) is 4.75. The molecule has 4 heterocycles. The molecule has 1 aliphatic rings. The molecular formula is C22H28N6O2S2. The fourth-order valence-corrected chi connectivity index (χ4v) is 5.59. The summed E-state index contributed by atoms with van der Waals surface area (Å²) in [4.78, 5) is 37.1. The Hall–Kier alpha value is -2.59. The minimum Gasteiger partial charge on any atom is -0.338 e. The maximum Gasteiger partial charge on any atom is 0.276 e. The number of hydrogen-bond donors (Lipinski definition) is 2. The summed E-state index contributed by atoms with van der Waals surface area (Å²) < 4.78 is 0. The van der Waals surface area contributed by atoms with Crippen LogP contribution >= 0.6 is 22.7 Å². The van der Waals surface area contributed by atoms with Crippen LogP contribution in [0.4, 0.5) is 5.82 Å². The molecule has 0 saturated carbocycles. The van der Waals surface area contributed by atoms with E-state index >= 15 is 0 Å². The highest BCUT2D eigenvalue weighted by Crippen LogP contribution is 2.32. The zero-order valence-corrected chi connectivity index (χ0v) is 20.6. The zero-order chi connectivity index (χ0) is 23.0. The van der Waals surface area contributed by atoms with Gasteiger partial charge in [0.05, 0.1) is 15.7 Å². The Balaban J connectivity index is 1.35. The van der Waals surface area contributed by atoms with Crippen LogP contribution in [0.15, 0.2) is 11.4 Å². The molecule has 32 heavy (non-hydrogen) atoms. The van der Waals surface area contributed by atoms with Crippen molar-refractivity contribution in [2.45, 2.75) is 58.8 Å². The Kier molecular flexibility index (Phi) is 6.17. The number of aromatic amines is 1. The summed E-state index contributed by atoms with van der Waals surface area (Å²) in [6.45, 7) is 11.4. The lowest BCUT2D eigenvalue weighted by atomic mass is 9.92. The third-order valence-corrected chi connectivity index (χ3v) is 7.68. The van der Waals surface area contributed by atoms with Crippen molar-refractivity contribution in [3.63, 3.8) is 0 Å². The number of aromatic nitrogens is 4. The first kappa shape index (κ1) is 22.6. The molecule has 1 fully saturated rings. The Morgan fingerprint density at radius 3 is 2.50 bits per heavy atom. The Labute approximate surface area is 195 Å². The molecule has 4 rings (SSSR count). The van der Waals surface area contributed by atoms with Crippen molar-refractivity contribution in [1.29, 1.82) is 0 Å². The Bertz CT molecular complexity index is 1130. The summed E-state index contributed by atoms with van der Waals surface area (Å²) in [5, 5.41) is 13.6. The minimum absolute atomic E-state index is 0.0689. The van der Waals surface area contributed by atoms with Crippen molar-refractivity contribution in [3.8, 4) is 0 Å². The molecule has 0 aliphatic carbocycles. The largest absolute Gasteiger partial charge is 0.338 e. The topological polar surface area (TPSA) is 104 Å². The van der Waals surface area contributed by atoms with E-state index in [1.54, 1.807) is 5.38 Å². The maximum absolute atomic E-state index is 12.8. The van der Waals surface area contributed by atoms with E-state index in [0.717, 1.165) is 39.1 Å². The fourth-order valence-electron chi connectivity index (χ4n) is 3.73. The average molecular weight is 473 g/mol. The van der Waals surface area contributed by atoms with Crippen molar-refractivity contribution in [1.82, 2.24) is 25.1 Å². The molecule has 0 radical (unpaired) electrons. The van der Waals surface area contributed by atoms with Crippen LogP contribution in [0.5, 0.6) is 0 Å². The fraction of sp³-hybridized carbons (Fsp3) is 0.500. The number of carbonyl (C=O) groups is 2. The average Bonchev–Trinajstić information content (AvgIpc) is 3.47. The van der Waals surface area contributed by atoms with Crippen LogP contribution in [0.3, 0.4) is 0 Å². The highest BCUT2D eigenvalue weighted by Gasteiger charge is 2.28. The van der Waals surface area contributed by atoms with E-state index in [9.17, 15) is 9.59 Å². The van der Waals surface area contributed by atoms with Crippen molar-refractivity contribution >= 4 is 40.3 Å². The van der Waals surface area contributed by atoms with E-state index < -0.39 is 0 Å². The Morgan fingerprint density at radius 2 is 1.91 bits per heavy atom. The molecule has 0 aromatic carbocycles. The molecular weight excluding hydrogens is 444 g/mol. The van der Waals surface area contributed by atoms with Crippen molar-refractivity contribution in [2.75, 3.05) is 18.4 Å². The van der Waals surface area contributed by atoms with Crippen molar-refractivity contribution in [3.05, 3.63) is 43.4 Å². The molecule has 10 heteroatoms. The summed E-state index contributed by atoms with van der Waals surface area (Å²) >= 11 is 2.96. The second-order valence-electron chi connectivity index (χ2n) is 9.16. The smallest absolute Gasteiger partial charge is 0.276 e. The van der Waals surface area contributed by atoms with Gasteiger partial charge in [0.25, 0.3) is 11.8 Å². The van der Waals surface area contributed by atoms with Crippen LogP contribution in [0, 0.1) is 13.8 Å². The molecule has 170 valence electrons. The molecule has 1 saturated heterocycles. The first-order chi connectivity index (χ1) is 15.1. The zero-order valence-electron chi connectivity index (χ0n) is 19.0. The number of H-pyrrole nitrogens is 1. The van der Waals surface area contributed by atoms with Crippen LogP contribution in [-0.2, 0) is 5.41 Å². The summed E-state index contributed by atoms with van der Waals surface area (Å²) in [5.41, 5.74) is 2.09. The van der Waals surface area contributed by atoms with Gasteiger partial charge in [-0.15, -0.1) is 22.7 Å². The lowest BCUT2D eigenvalue weighted by molar-refractivity contribution is 0.0717. The summed E-state index contributed by atoms with van der Waals surface area (Å²) in [6.07, 6.45) is 1.68.